The van der Waals surface area contributed by atoms with Crippen LogP contribution in [0.5, 0.6) is 0 Å². The van der Waals surface area contributed by atoms with Crippen LogP contribution in [0.15, 0.2) is 11.1 Å². The van der Waals surface area contributed by atoms with Crippen LogP contribution in [0.1, 0.15) is 20.3 Å². The van der Waals surface area contributed by atoms with Crippen molar-refractivity contribution in [3.63, 3.8) is 0 Å². The Morgan fingerprint density at radius 2 is 2.00 bits per heavy atom. The molecule has 14 heavy (non-hydrogen) atoms. The predicted octanol–water partition coefficient (Wildman–Crippen LogP) is 1.51. The van der Waals surface area contributed by atoms with Gasteiger partial charge in [-0.3, -0.25) is 9.59 Å². The number of carbonyl (C=O) groups is 2. The Hall–Kier alpha value is -0.840. The molecule has 80 valence electrons. The van der Waals surface area contributed by atoms with Crippen molar-refractivity contribution >= 4 is 27.8 Å². The highest BCUT2D eigenvalue weighted by molar-refractivity contribution is 9.11. The number of hydrogen-bond acceptors (Lipinski definition) is 2. The first-order valence-electron chi connectivity index (χ1n) is 4.09. The van der Waals surface area contributed by atoms with Crippen LogP contribution in [-0.2, 0) is 9.59 Å². The number of halogens is 1. The zero-order valence-electron chi connectivity index (χ0n) is 8.26. The second-order valence-electron chi connectivity index (χ2n) is 3.66. The van der Waals surface area contributed by atoms with Crippen molar-refractivity contribution in [1.82, 2.24) is 5.32 Å². The zero-order valence-corrected chi connectivity index (χ0v) is 9.85. The van der Waals surface area contributed by atoms with Gasteiger partial charge in [0.05, 0.1) is 5.41 Å². The molecule has 0 heterocycles. The fourth-order valence-electron chi connectivity index (χ4n) is 0.734. The third kappa shape index (κ3) is 5.01. The van der Waals surface area contributed by atoms with Crippen LogP contribution in [-0.4, -0.2) is 23.5 Å². The van der Waals surface area contributed by atoms with Gasteiger partial charge in [0.2, 0.25) is 5.91 Å². The van der Waals surface area contributed by atoms with E-state index in [1.807, 2.05) is 0 Å². The summed E-state index contributed by atoms with van der Waals surface area (Å²) in [6, 6.07) is 0. The molecule has 0 radical (unpaired) electrons. The summed E-state index contributed by atoms with van der Waals surface area (Å²) in [6.07, 6.45) is -0.0391. The lowest BCUT2D eigenvalue weighted by Gasteiger charge is -2.17. The van der Waals surface area contributed by atoms with Gasteiger partial charge in [0.25, 0.3) is 0 Å². The van der Waals surface area contributed by atoms with E-state index < -0.39 is 11.4 Å². The van der Waals surface area contributed by atoms with Gasteiger partial charge in [-0.25, -0.2) is 0 Å². The summed E-state index contributed by atoms with van der Waals surface area (Å²) >= 11 is 3.09. The number of amides is 1. The second-order valence-corrected chi connectivity index (χ2v) is 4.78. The van der Waals surface area contributed by atoms with Crippen LogP contribution < -0.4 is 5.32 Å². The number of carbonyl (C=O) groups excluding carboxylic acids is 1. The molecular weight excluding hydrogens is 250 g/mol. The minimum atomic E-state index is -1.03. The molecule has 0 aromatic heterocycles. The first-order valence-corrected chi connectivity index (χ1v) is 4.88. The third-order valence-electron chi connectivity index (χ3n) is 1.66. The summed E-state index contributed by atoms with van der Waals surface area (Å²) in [7, 11) is 0. The van der Waals surface area contributed by atoms with E-state index in [9.17, 15) is 9.59 Å². The summed E-state index contributed by atoms with van der Waals surface area (Å²) < 4.78 is 0.652. The molecule has 0 aromatic carbocycles. The number of carboxylic acids is 1. The minimum Gasteiger partial charge on any atom is -0.481 e. The quantitative estimate of drug-likeness (QED) is 0.791. The van der Waals surface area contributed by atoms with E-state index >= 15 is 0 Å². The van der Waals surface area contributed by atoms with E-state index in [1.165, 1.54) is 13.8 Å². The van der Waals surface area contributed by atoms with Gasteiger partial charge in [0.15, 0.2) is 0 Å². The third-order valence-corrected chi connectivity index (χ3v) is 1.94. The Morgan fingerprint density at radius 1 is 1.50 bits per heavy atom. The molecule has 4 nitrogen and oxygen atoms in total. The van der Waals surface area contributed by atoms with Crippen LogP contribution in [0.4, 0.5) is 0 Å². The van der Waals surface area contributed by atoms with Crippen LogP contribution in [0.25, 0.3) is 0 Å². The maximum absolute atomic E-state index is 11.2. The lowest BCUT2D eigenvalue weighted by molar-refractivity contribution is -0.149. The smallest absolute Gasteiger partial charge is 0.309 e. The maximum atomic E-state index is 11.2. The van der Waals surface area contributed by atoms with Crippen LogP contribution in [0.3, 0.4) is 0 Å². The van der Waals surface area contributed by atoms with Gasteiger partial charge in [0.1, 0.15) is 0 Å². The average molecular weight is 264 g/mol. The van der Waals surface area contributed by atoms with Crippen LogP contribution in [0.2, 0.25) is 0 Å². The molecular formula is C9H14BrNO3. The zero-order chi connectivity index (χ0) is 11.4. The molecule has 0 saturated heterocycles. The van der Waals surface area contributed by atoms with Crippen molar-refractivity contribution in [2.24, 2.45) is 5.41 Å². The van der Waals surface area contributed by atoms with E-state index in [0.29, 0.717) is 11.0 Å². The van der Waals surface area contributed by atoms with Gasteiger partial charge in [-0.2, -0.15) is 0 Å². The molecule has 0 spiro atoms. The fraction of sp³-hybridized carbons (Fsp3) is 0.556. The van der Waals surface area contributed by atoms with E-state index in [2.05, 4.69) is 27.8 Å². The Balaban J connectivity index is 4.06. The highest BCUT2D eigenvalue weighted by Gasteiger charge is 2.29. The van der Waals surface area contributed by atoms with Crippen molar-refractivity contribution in [1.29, 1.82) is 0 Å². The number of nitrogens with one attached hydrogen (secondary N) is 1. The first kappa shape index (κ1) is 13.2. The Morgan fingerprint density at radius 3 is 2.36 bits per heavy atom. The van der Waals surface area contributed by atoms with E-state index in [0.717, 1.165) is 0 Å². The first-order chi connectivity index (χ1) is 6.25. The molecule has 0 bridgehead atoms. The van der Waals surface area contributed by atoms with Gasteiger partial charge in [-0.1, -0.05) is 22.5 Å². The summed E-state index contributed by atoms with van der Waals surface area (Å²) in [6.45, 7) is 6.88. The van der Waals surface area contributed by atoms with Gasteiger partial charge in [0, 0.05) is 17.4 Å². The maximum Gasteiger partial charge on any atom is 0.309 e. The Labute approximate surface area is 91.5 Å². The SMILES string of the molecule is C=C(Br)CNC(=O)CC(C)(C)C(=O)O. The van der Waals surface area contributed by atoms with Crippen LogP contribution >= 0.6 is 15.9 Å². The molecule has 0 aliphatic rings. The van der Waals surface area contributed by atoms with Gasteiger partial charge in [-0.05, 0) is 13.8 Å². The van der Waals surface area contributed by atoms with Crippen molar-refractivity contribution in [2.75, 3.05) is 6.54 Å². The largest absolute Gasteiger partial charge is 0.481 e. The Bertz CT molecular complexity index is 261. The van der Waals surface area contributed by atoms with Crippen LogP contribution in [0, 0.1) is 5.41 Å². The normalized spacial score (nSPS) is 10.8. The molecule has 2 N–H and O–H groups in total. The molecule has 0 aliphatic carbocycles. The van der Waals surface area contributed by atoms with Gasteiger partial charge in [-0.15, -0.1) is 0 Å². The summed E-state index contributed by atoms with van der Waals surface area (Å²) in [5.74, 6) is -1.27. The highest BCUT2D eigenvalue weighted by Crippen LogP contribution is 2.19. The lowest BCUT2D eigenvalue weighted by Crippen LogP contribution is -2.33. The number of aliphatic carboxylic acids is 1. The molecule has 0 fully saturated rings. The second kappa shape index (κ2) is 5.14. The average Bonchev–Trinajstić information content (AvgIpc) is 1.99. The molecule has 5 heteroatoms. The molecule has 0 saturated carbocycles. The monoisotopic (exact) mass is 263 g/mol. The van der Waals surface area contributed by atoms with Crippen molar-refractivity contribution in [3.05, 3.63) is 11.1 Å². The van der Waals surface area contributed by atoms with Gasteiger partial charge < -0.3 is 10.4 Å². The molecule has 0 aliphatic heterocycles. The lowest BCUT2D eigenvalue weighted by atomic mass is 9.89. The summed E-state index contributed by atoms with van der Waals surface area (Å²) in [5.41, 5.74) is -1.03. The summed E-state index contributed by atoms with van der Waals surface area (Å²) in [5, 5.41) is 11.3. The van der Waals surface area contributed by atoms with Crippen molar-refractivity contribution in [2.45, 2.75) is 20.3 Å². The molecule has 0 atom stereocenters. The van der Waals surface area contributed by atoms with Gasteiger partial charge >= 0.3 is 5.97 Å². The number of hydrogen-bond donors (Lipinski definition) is 2. The fourth-order valence-corrected chi connectivity index (χ4v) is 0.874. The predicted molar refractivity (Wildman–Crippen MR) is 57.1 cm³/mol. The minimum absolute atomic E-state index is 0.0391. The molecule has 1 amide bonds. The van der Waals surface area contributed by atoms with E-state index in [1.54, 1.807) is 0 Å². The number of rotatable bonds is 5. The molecule has 0 unspecified atom stereocenters. The molecule has 0 rings (SSSR count). The summed E-state index contributed by atoms with van der Waals surface area (Å²) in [4.78, 5) is 21.9. The highest BCUT2D eigenvalue weighted by atomic mass is 79.9. The topological polar surface area (TPSA) is 66.4 Å². The van der Waals surface area contributed by atoms with Crippen molar-refractivity contribution < 1.29 is 14.7 Å². The van der Waals surface area contributed by atoms with E-state index in [4.69, 9.17) is 5.11 Å². The number of carboxylic acid groups (broad SMARTS) is 1. The van der Waals surface area contributed by atoms with E-state index in [-0.39, 0.29) is 12.3 Å². The standard InChI is InChI=1S/C9H14BrNO3/c1-6(10)5-11-7(12)4-9(2,3)8(13)14/h1,4-5H2,2-3H3,(H,11,12)(H,13,14). The Kier molecular flexibility index (Phi) is 4.83. The van der Waals surface area contributed by atoms with Crippen molar-refractivity contribution in [3.8, 4) is 0 Å². The molecule has 0 aromatic rings.